The summed E-state index contributed by atoms with van der Waals surface area (Å²) < 4.78 is 6.19. The first-order valence-electron chi connectivity index (χ1n) is 5.58. The molecule has 1 aliphatic heterocycles. The van der Waals surface area contributed by atoms with Crippen LogP contribution in [0.1, 0.15) is 6.42 Å². The minimum Gasteiger partial charge on any atom is -0.369 e. The first-order valence-corrected chi connectivity index (χ1v) is 6.37. The zero-order chi connectivity index (χ0) is 12.3. The predicted octanol–water partition coefficient (Wildman–Crippen LogP) is 1.53. The summed E-state index contributed by atoms with van der Waals surface area (Å²) in [6.07, 6.45) is 0.743. The summed E-state index contributed by atoms with van der Waals surface area (Å²) in [5.74, 6) is -0.0124. The van der Waals surface area contributed by atoms with Crippen LogP contribution in [0.2, 0.25) is 0 Å². The molecule has 2 N–H and O–H groups in total. The molecule has 1 fully saturated rings. The van der Waals surface area contributed by atoms with Crippen molar-refractivity contribution in [3.05, 3.63) is 28.7 Å². The molecule has 0 bridgehead atoms. The van der Waals surface area contributed by atoms with E-state index in [0.29, 0.717) is 13.2 Å². The van der Waals surface area contributed by atoms with Gasteiger partial charge in [0, 0.05) is 4.47 Å². The van der Waals surface area contributed by atoms with Crippen molar-refractivity contribution in [2.45, 2.75) is 12.5 Å². The van der Waals surface area contributed by atoms with Crippen LogP contribution in [0, 0.1) is 0 Å². The Hall–Kier alpha value is -0.910. The number of hydrogen-bond donors (Lipinski definition) is 1. The number of ether oxygens (including phenoxy) is 1. The molecule has 0 aliphatic carbocycles. The van der Waals surface area contributed by atoms with Gasteiger partial charge in [-0.05, 0) is 41.0 Å². The van der Waals surface area contributed by atoms with Crippen LogP contribution in [-0.4, -0.2) is 31.7 Å². The van der Waals surface area contributed by atoms with E-state index in [1.807, 2.05) is 24.3 Å². The van der Waals surface area contributed by atoms with Crippen molar-refractivity contribution in [1.82, 2.24) is 0 Å². The van der Waals surface area contributed by atoms with Crippen LogP contribution in [0.4, 0.5) is 5.69 Å². The molecule has 17 heavy (non-hydrogen) atoms. The minimum absolute atomic E-state index is 0.0124. The topological polar surface area (TPSA) is 55.6 Å². The Morgan fingerprint density at radius 1 is 1.47 bits per heavy atom. The van der Waals surface area contributed by atoms with Crippen molar-refractivity contribution in [3.63, 3.8) is 0 Å². The molecule has 0 aromatic heterocycles. The molecular weight excluding hydrogens is 284 g/mol. The summed E-state index contributed by atoms with van der Waals surface area (Å²) in [6.45, 7) is 1.23. The lowest BCUT2D eigenvalue weighted by molar-refractivity contribution is -0.127. The van der Waals surface area contributed by atoms with Crippen LogP contribution in [-0.2, 0) is 9.53 Å². The third-order valence-electron chi connectivity index (χ3n) is 2.78. The van der Waals surface area contributed by atoms with Crippen molar-refractivity contribution in [2.75, 3.05) is 24.7 Å². The number of nitrogens with two attached hydrogens (primary N) is 1. The SMILES string of the molecule is NCCC1COCC(=O)N1c1ccccc1Br. The summed E-state index contributed by atoms with van der Waals surface area (Å²) in [5, 5.41) is 0. The molecule has 1 heterocycles. The Morgan fingerprint density at radius 3 is 2.94 bits per heavy atom. The lowest BCUT2D eigenvalue weighted by Crippen LogP contribution is -2.50. The molecular formula is C12H15BrN2O2. The summed E-state index contributed by atoms with van der Waals surface area (Å²) in [5.41, 5.74) is 6.47. The zero-order valence-electron chi connectivity index (χ0n) is 9.43. The van der Waals surface area contributed by atoms with Gasteiger partial charge >= 0.3 is 0 Å². The van der Waals surface area contributed by atoms with Crippen LogP contribution in [0.5, 0.6) is 0 Å². The quantitative estimate of drug-likeness (QED) is 0.921. The van der Waals surface area contributed by atoms with E-state index in [4.69, 9.17) is 10.5 Å². The molecule has 1 aliphatic rings. The van der Waals surface area contributed by atoms with Gasteiger partial charge < -0.3 is 15.4 Å². The fourth-order valence-electron chi connectivity index (χ4n) is 2.01. The normalized spacial score (nSPS) is 20.7. The Kier molecular flexibility index (Phi) is 4.15. The van der Waals surface area contributed by atoms with Crippen LogP contribution in [0.15, 0.2) is 28.7 Å². The van der Waals surface area contributed by atoms with Crippen molar-refractivity contribution in [2.24, 2.45) is 5.73 Å². The van der Waals surface area contributed by atoms with Gasteiger partial charge in [-0.15, -0.1) is 0 Å². The van der Waals surface area contributed by atoms with Crippen molar-refractivity contribution >= 4 is 27.5 Å². The van der Waals surface area contributed by atoms with Crippen molar-refractivity contribution in [1.29, 1.82) is 0 Å². The summed E-state index contributed by atoms with van der Waals surface area (Å²) in [7, 11) is 0. The summed E-state index contributed by atoms with van der Waals surface area (Å²) in [6, 6.07) is 7.73. The second-order valence-corrected chi connectivity index (χ2v) is 4.82. The van der Waals surface area contributed by atoms with Crippen LogP contribution in [0.3, 0.4) is 0 Å². The molecule has 1 unspecified atom stereocenters. The lowest BCUT2D eigenvalue weighted by Gasteiger charge is -2.35. The van der Waals surface area contributed by atoms with E-state index in [1.165, 1.54) is 0 Å². The molecule has 4 nitrogen and oxygen atoms in total. The number of carbonyl (C=O) groups excluding carboxylic acids is 1. The maximum atomic E-state index is 12.0. The maximum Gasteiger partial charge on any atom is 0.253 e. The molecule has 92 valence electrons. The van der Waals surface area contributed by atoms with E-state index in [1.54, 1.807) is 4.90 Å². The monoisotopic (exact) mass is 298 g/mol. The number of hydrogen-bond acceptors (Lipinski definition) is 3. The highest BCUT2D eigenvalue weighted by molar-refractivity contribution is 9.10. The highest BCUT2D eigenvalue weighted by Crippen LogP contribution is 2.29. The van der Waals surface area contributed by atoms with Gasteiger partial charge in [0.2, 0.25) is 0 Å². The largest absolute Gasteiger partial charge is 0.369 e. The molecule has 0 spiro atoms. The van der Waals surface area contributed by atoms with Crippen LogP contribution in [0.25, 0.3) is 0 Å². The number of benzene rings is 1. The maximum absolute atomic E-state index is 12.0. The van der Waals surface area contributed by atoms with Crippen molar-refractivity contribution < 1.29 is 9.53 Å². The number of para-hydroxylation sites is 1. The smallest absolute Gasteiger partial charge is 0.253 e. The number of morpholine rings is 1. The highest BCUT2D eigenvalue weighted by Gasteiger charge is 2.30. The Bertz CT molecular complexity index is 409. The predicted molar refractivity (Wildman–Crippen MR) is 69.9 cm³/mol. The number of halogens is 1. The van der Waals surface area contributed by atoms with Gasteiger partial charge in [0.25, 0.3) is 5.91 Å². The number of anilines is 1. The zero-order valence-corrected chi connectivity index (χ0v) is 11.0. The van der Waals surface area contributed by atoms with Gasteiger partial charge in [-0.1, -0.05) is 12.1 Å². The molecule has 1 aromatic rings. The molecule has 1 amide bonds. The van der Waals surface area contributed by atoms with E-state index in [9.17, 15) is 4.79 Å². The van der Waals surface area contributed by atoms with E-state index < -0.39 is 0 Å². The second kappa shape index (κ2) is 5.62. The number of nitrogens with zero attached hydrogens (tertiary/aromatic N) is 1. The average molecular weight is 299 g/mol. The van der Waals surface area contributed by atoms with E-state index in [0.717, 1.165) is 16.6 Å². The summed E-state index contributed by atoms with van der Waals surface area (Å²) in [4.78, 5) is 13.8. The Balaban J connectivity index is 2.31. The van der Waals surface area contributed by atoms with Gasteiger partial charge in [-0.25, -0.2) is 0 Å². The number of rotatable bonds is 3. The van der Waals surface area contributed by atoms with Gasteiger partial charge in [-0.3, -0.25) is 4.79 Å². The average Bonchev–Trinajstić information content (AvgIpc) is 2.31. The van der Waals surface area contributed by atoms with E-state index in [-0.39, 0.29) is 18.6 Å². The van der Waals surface area contributed by atoms with Gasteiger partial charge in [0.1, 0.15) is 6.61 Å². The van der Waals surface area contributed by atoms with E-state index in [2.05, 4.69) is 15.9 Å². The van der Waals surface area contributed by atoms with Crippen molar-refractivity contribution in [3.8, 4) is 0 Å². The van der Waals surface area contributed by atoms with Gasteiger partial charge in [0.15, 0.2) is 0 Å². The highest BCUT2D eigenvalue weighted by atomic mass is 79.9. The second-order valence-electron chi connectivity index (χ2n) is 3.96. The fourth-order valence-corrected chi connectivity index (χ4v) is 2.49. The standard InChI is InChI=1S/C12H15BrN2O2/c13-10-3-1-2-4-11(10)15-9(5-6-14)7-17-8-12(15)16/h1-4,9H,5-8,14H2. The fraction of sp³-hybridized carbons (Fsp3) is 0.417. The number of amides is 1. The van der Waals surface area contributed by atoms with Crippen LogP contribution >= 0.6 is 15.9 Å². The molecule has 1 aromatic carbocycles. The van der Waals surface area contributed by atoms with Gasteiger partial charge in [0.05, 0.1) is 18.3 Å². The molecule has 0 saturated carbocycles. The molecule has 5 heteroatoms. The van der Waals surface area contributed by atoms with Crippen LogP contribution < -0.4 is 10.6 Å². The first kappa shape index (κ1) is 12.5. The molecule has 1 atom stereocenters. The lowest BCUT2D eigenvalue weighted by atomic mass is 10.1. The molecule has 0 radical (unpaired) electrons. The molecule has 1 saturated heterocycles. The van der Waals surface area contributed by atoms with Gasteiger partial charge in [-0.2, -0.15) is 0 Å². The molecule has 2 rings (SSSR count). The Labute approximate surface area is 109 Å². The van der Waals surface area contributed by atoms with E-state index >= 15 is 0 Å². The first-order chi connectivity index (χ1) is 8.24. The summed E-state index contributed by atoms with van der Waals surface area (Å²) >= 11 is 3.47. The Morgan fingerprint density at radius 2 is 2.24 bits per heavy atom. The number of carbonyl (C=O) groups is 1. The minimum atomic E-state index is -0.0124. The third-order valence-corrected chi connectivity index (χ3v) is 3.45. The third kappa shape index (κ3) is 2.68.